The van der Waals surface area contributed by atoms with E-state index < -0.39 is 12.6 Å². The molecule has 1 aliphatic rings. The lowest BCUT2D eigenvalue weighted by molar-refractivity contribution is -0.135. The van der Waals surface area contributed by atoms with E-state index in [2.05, 4.69) is 5.32 Å². The number of nitrogens with zero attached hydrogens (tertiary/aromatic N) is 1. The summed E-state index contributed by atoms with van der Waals surface area (Å²) in [5, 5.41) is 3.26. The van der Waals surface area contributed by atoms with Crippen LogP contribution in [-0.2, 0) is 4.79 Å². The van der Waals surface area contributed by atoms with Crippen molar-refractivity contribution in [3.05, 3.63) is 0 Å². The van der Waals surface area contributed by atoms with Gasteiger partial charge in [-0.2, -0.15) is 13.2 Å². The van der Waals surface area contributed by atoms with Crippen LogP contribution in [0, 0.1) is 0 Å². The first kappa shape index (κ1) is 15.3. The van der Waals surface area contributed by atoms with Gasteiger partial charge in [-0.25, -0.2) is 0 Å². The molecule has 0 radical (unpaired) electrons. The second kappa shape index (κ2) is 6.97. The summed E-state index contributed by atoms with van der Waals surface area (Å²) in [6.07, 6.45) is -2.22. The highest BCUT2D eigenvalue weighted by molar-refractivity contribution is 5.73. The predicted molar refractivity (Wildman–Crippen MR) is 63.2 cm³/mol. The molecule has 18 heavy (non-hydrogen) atoms. The standard InChI is InChI=1S/C12H21F3N2O/c1-10(18)17-8-4-11(5-9-17)16-7-3-2-6-12(13,14)15/h11,16H,2-9H2,1H3. The summed E-state index contributed by atoms with van der Waals surface area (Å²) < 4.78 is 35.7. The van der Waals surface area contributed by atoms with Crippen LogP contribution in [0.5, 0.6) is 0 Å². The number of piperidine rings is 1. The predicted octanol–water partition coefficient (Wildman–Crippen LogP) is 2.32. The molecule has 0 spiro atoms. The van der Waals surface area contributed by atoms with Crippen LogP contribution < -0.4 is 5.32 Å². The normalized spacial score (nSPS) is 18.1. The fourth-order valence-electron chi connectivity index (χ4n) is 2.16. The molecule has 6 heteroatoms. The van der Waals surface area contributed by atoms with Gasteiger partial charge in [-0.15, -0.1) is 0 Å². The number of carbonyl (C=O) groups excluding carboxylic acids is 1. The minimum atomic E-state index is -4.03. The van der Waals surface area contributed by atoms with E-state index in [1.54, 1.807) is 6.92 Å². The number of halogens is 3. The molecule has 1 N–H and O–H groups in total. The Kier molecular flexibility index (Phi) is 5.91. The van der Waals surface area contributed by atoms with Crippen molar-refractivity contribution in [2.45, 2.75) is 51.2 Å². The van der Waals surface area contributed by atoms with E-state index in [4.69, 9.17) is 0 Å². The first-order valence-corrected chi connectivity index (χ1v) is 6.44. The molecule has 0 bridgehead atoms. The summed E-state index contributed by atoms with van der Waals surface area (Å²) in [7, 11) is 0. The van der Waals surface area contributed by atoms with Gasteiger partial charge in [0.15, 0.2) is 0 Å². The molecule has 1 saturated heterocycles. The summed E-state index contributed by atoms with van der Waals surface area (Å²) >= 11 is 0. The Hall–Kier alpha value is -0.780. The van der Waals surface area contributed by atoms with Crippen LogP contribution in [0.15, 0.2) is 0 Å². The Morgan fingerprint density at radius 1 is 1.28 bits per heavy atom. The van der Waals surface area contributed by atoms with Gasteiger partial charge in [0.2, 0.25) is 5.91 Å². The molecule has 0 aromatic rings. The molecule has 0 saturated carbocycles. The zero-order valence-corrected chi connectivity index (χ0v) is 10.7. The molecule has 0 aromatic heterocycles. The SMILES string of the molecule is CC(=O)N1CCC(NCCCCC(F)(F)F)CC1. The molecule has 1 rings (SSSR count). The van der Waals surface area contributed by atoms with E-state index in [1.165, 1.54) is 0 Å². The Morgan fingerprint density at radius 2 is 1.89 bits per heavy atom. The Morgan fingerprint density at radius 3 is 2.39 bits per heavy atom. The highest BCUT2D eigenvalue weighted by Crippen LogP contribution is 2.22. The van der Waals surface area contributed by atoms with Gasteiger partial charge < -0.3 is 10.2 Å². The van der Waals surface area contributed by atoms with Gasteiger partial charge in [0.1, 0.15) is 0 Å². The Balaban J connectivity index is 2.03. The topological polar surface area (TPSA) is 32.3 Å². The second-order valence-corrected chi connectivity index (χ2v) is 4.81. The van der Waals surface area contributed by atoms with Crippen LogP contribution in [0.1, 0.15) is 39.0 Å². The Bertz CT molecular complexity index is 261. The monoisotopic (exact) mass is 266 g/mol. The fourth-order valence-corrected chi connectivity index (χ4v) is 2.16. The molecule has 1 heterocycles. The molecule has 0 aliphatic carbocycles. The third-order valence-electron chi connectivity index (χ3n) is 3.26. The molecule has 0 unspecified atom stereocenters. The van der Waals surface area contributed by atoms with E-state index in [9.17, 15) is 18.0 Å². The number of hydrogen-bond donors (Lipinski definition) is 1. The van der Waals surface area contributed by atoms with Crippen LogP contribution in [0.2, 0.25) is 0 Å². The van der Waals surface area contributed by atoms with E-state index in [1.807, 2.05) is 4.90 Å². The highest BCUT2D eigenvalue weighted by atomic mass is 19.4. The zero-order chi connectivity index (χ0) is 13.6. The molecular formula is C12H21F3N2O. The number of rotatable bonds is 5. The number of hydrogen-bond acceptors (Lipinski definition) is 2. The maximum absolute atomic E-state index is 11.9. The third-order valence-corrected chi connectivity index (χ3v) is 3.26. The molecule has 0 atom stereocenters. The number of amides is 1. The quantitative estimate of drug-likeness (QED) is 0.775. The fraction of sp³-hybridized carbons (Fsp3) is 0.917. The van der Waals surface area contributed by atoms with Crippen molar-refractivity contribution in [1.82, 2.24) is 10.2 Å². The van der Waals surface area contributed by atoms with Crippen LogP contribution in [0.3, 0.4) is 0 Å². The zero-order valence-electron chi connectivity index (χ0n) is 10.7. The maximum Gasteiger partial charge on any atom is 0.389 e. The van der Waals surface area contributed by atoms with Gasteiger partial charge in [-0.3, -0.25) is 4.79 Å². The van der Waals surface area contributed by atoms with Gasteiger partial charge in [-0.05, 0) is 32.2 Å². The van der Waals surface area contributed by atoms with Crippen molar-refractivity contribution in [2.75, 3.05) is 19.6 Å². The summed E-state index contributed by atoms with van der Waals surface area (Å²) in [5.74, 6) is 0.0960. The average Bonchev–Trinajstić information content (AvgIpc) is 2.27. The largest absolute Gasteiger partial charge is 0.389 e. The highest BCUT2D eigenvalue weighted by Gasteiger charge is 2.26. The molecule has 1 aliphatic heterocycles. The van der Waals surface area contributed by atoms with Gasteiger partial charge in [-0.1, -0.05) is 0 Å². The molecule has 0 aromatic carbocycles. The van der Waals surface area contributed by atoms with E-state index in [0.29, 0.717) is 19.0 Å². The lowest BCUT2D eigenvalue weighted by Crippen LogP contribution is -2.44. The summed E-state index contributed by atoms with van der Waals surface area (Å²) in [5.41, 5.74) is 0. The van der Waals surface area contributed by atoms with Crippen molar-refractivity contribution in [3.63, 3.8) is 0 Å². The summed E-state index contributed by atoms with van der Waals surface area (Å²) in [4.78, 5) is 12.9. The lowest BCUT2D eigenvalue weighted by atomic mass is 10.0. The number of alkyl halides is 3. The number of unbranched alkanes of at least 4 members (excludes halogenated alkanes) is 1. The molecule has 106 valence electrons. The molecule has 1 fully saturated rings. The van der Waals surface area contributed by atoms with Crippen molar-refractivity contribution in [3.8, 4) is 0 Å². The third kappa shape index (κ3) is 6.23. The summed E-state index contributed by atoms with van der Waals surface area (Å²) in [6, 6.07) is 0.339. The van der Waals surface area contributed by atoms with Crippen LogP contribution >= 0.6 is 0 Å². The minimum Gasteiger partial charge on any atom is -0.343 e. The maximum atomic E-state index is 11.9. The van der Waals surface area contributed by atoms with Crippen LogP contribution in [0.25, 0.3) is 0 Å². The van der Waals surface area contributed by atoms with Gasteiger partial charge in [0, 0.05) is 32.5 Å². The molecule has 3 nitrogen and oxygen atoms in total. The summed E-state index contributed by atoms with van der Waals surface area (Å²) in [6.45, 7) is 3.68. The van der Waals surface area contributed by atoms with Crippen molar-refractivity contribution >= 4 is 5.91 Å². The number of carbonyl (C=O) groups is 1. The van der Waals surface area contributed by atoms with Gasteiger partial charge >= 0.3 is 6.18 Å². The van der Waals surface area contributed by atoms with E-state index >= 15 is 0 Å². The van der Waals surface area contributed by atoms with Crippen molar-refractivity contribution in [2.24, 2.45) is 0 Å². The molecule has 1 amide bonds. The second-order valence-electron chi connectivity index (χ2n) is 4.81. The van der Waals surface area contributed by atoms with E-state index in [-0.39, 0.29) is 12.3 Å². The minimum absolute atomic E-state index is 0.0960. The molecular weight excluding hydrogens is 245 g/mol. The number of nitrogens with one attached hydrogen (secondary N) is 1. The smallest absolute Gasteiger partial charge is 0.343 e. The van der Waals surface area contributed by atoms with Crippen LogP contribution in [-0.4, -0.2) is 42.7 Å². The van der Waals surface area contributed by atoms with Crippen molar-refractivity contribution < 1.29 is 18.0 Å². The van der Waals surface area contributed by atoms with Gasteiger partial charge in [0.05, 0.1) is 0 Å². The lowest BCUT2D eigenvalue weighted by Gasteiger charge is -2.31. The van der Waals surface area contributed by atoms with E-state index in [0.717, 1.165) is 25.9 Å². The van der Waals surface area contributed by atoms with Crippen LogP contribution in [0.4, 0.5) is 13.2 Å². The average molecular weight is 266 g/mol. The van der Waals surface area contributed by atoms with Gasteiger partial charge in [0.25, 0.3) is 0 Å². The number of likely N-dealkylation sites (tertiary alicyclic amines) is 1. The Labute approximate surface area is 106 Å². The first-order valence-electron chi connectivity index (χ1n) is 6.44. The van der Waals surface area contributed by atoms with Crippen molar-refractivity contribution in [1.29, 1.82) is 0 Å². The first-order chi connectivity index (χ1) is 8.38.